The van der Waals surface area contributed by atoms with Gasteiger partial charge in [0.15, 0.2) is 0 Å². The molecule has 140 valence electrons. The highest BCUT2D eigenvalue weighted by Crippen LogP contribution is 2.62. The maximum Gasteiger partial charge on any atom is 0.510 e. The molecule has 0 radical (unpaired) electrons. The minimum absolute atomic E-state index is 0.956. The molecular weight excluding hydrogens is 432 g/mol. The van der Waals surface area contributed by atoms with Crippen LogP contribution < -0.4 is 0 Å². The van der Waals surface area contributed by atoms with Crippen molar-refractivity contribution in [3.63, 3.8) is 0 Å². The predicted octanol–water partition coefficient (Wildman–Crippen LogP) is 8.43. The minimum atomic E-state index is -3.54. The number of phosphoric acid groups is 1. The molecule has 0 aliphatic rings. The Kier molecular flexibility index (Phi) is 20.8. The standard InChI is InChI=1S/C12H27O4PS6/c1-4-7-10-18-21-14-17(13,15-22-19-11-8-5-2)16-23-20-12-9-6-3/h4-12H2,1-3H3. The molecule has 0 heterocycles. The first kappa shape index (κ1) is 25.2. The van der Waals surface area contributed by atoms with Crippen LogP contribution in [0.1, 0.15) is 59.3 Å². The van der Waals surface area contributed by atoms with Crippen LogP contribution in [0.4, 0.5) is 0 Å². The Morgan fingerprint density at radius 1 is 0.652 bits per heavy atom. The highest BCUT2D eigenvalue weighted by atomic mass is 33.1. The van der Waals surface area contributed by atoms with E-state index in [2.05, 4.69) is 20.8 Å². The zero-order valence-electron chi connectivity index (χ0n) is 13.9. The Labute approximate surface area is 165 Å². The van der Waals surface area contributed by atoms with Crippen molar-refractivity contribution < 1.29 is 16.5 Å². The summed E-state index contributed by atoms with van der Waals surface area (Å²) < 4.78 is 28.5. The van der Waals surface area contributed by atoms with Gasteiger partial charge in [-0.25, -0.2) is 16.5 Å². The average Bonchev–Trinajstić information content (AvgIpc) is 2.54. The van der Waals surface area contributed by atoms with Crippen LogP contribution in [0.3, 0.4) is 0 Å². The van der Waals surface area contributed by atoms with Crippen LogP contribution in [0.5, 0.6) is 0 Å². The Hall–Kier alpha value is 2.21. The summed E-state index contributed by atoms with van der Waals surface area (Å²) in [6, 6.07) is 0. The fourth-order valence-electron chi connectivity index (χ4n) is 0.925. The Morgan fingerprint density at radius 3 is 1.22 bits per heavy atom. The van der Waals surface area contributed by atoms with E-state index in [1.54, 1.807) is 0 Å². The Morgan fingerprint density at radius 2 is 0.957 bits per heavy atom. The second-order valence-corrected chi connectivity index (χ2v) is 12.8. The van der Waals surface area contributed by atoms with Crippen LogP contribution in [-0.2, 0) is 16.5 Å². The molecule has 0 aromatic rings. The molecule has 0 amide bonds. The van der Waals surface area contributed by atoms with Gasteiger partial charge in [0.1, 0.15) is 0 Å². The maximum atomic E-state index is 12.5. The molecule has 0 spiro atoms. The Bertz CT molecular complexity index is 258. The van der Waals surface area contributed by atoms with Crippen molar-refractivity contribution in [2.24, 2.45) is 0 Å². The third-order valence-corrected chi connectivity index (χ3v) is 10.8. The summed E-state index contributed by atoms with van der Waals surface area (Å²) >= 11 is 3.29. The van der Waals surface area contributed by atoms with Crippen LogP contribution in [0, 0.1) is 0 Å². The lowest BCUT2D eigenvalue weighted by Gasteiger charge is -2.13. The van der Waals surface area contributed by atoms with E-state index < -0.39 is 7.82 Å². The maximum absolute atomic E-state index is 12.5. The van der Waals surface area contributed by atoms with Crippen molar-refractivity contribution in [1.29, 1.82) is 0 Å². The van der Waals surface area contributed by atoms with Crippen LogP contribution in [0.25, 0.3) is 0 Å². The molecule has 4 nitrogen and oxygen atoms in total. The molecule has 0 fully saturated rings. The summed E-state index contributed by atoms with van der Waals surface area (Å²) in [5, 5.41) is 0. The molecule has 0 aromatic carbocycles. The smallest absolute Gasteiger partial charge is 0.225 e. The molecule has 0 bridgehead atoms. The van der Waals surface area contributed by atoms with Gasteiger partial charge in [-0.2, -0.15) is 0 Å². The third-order valence-electron chi connectivity index (χ3n) is 2.25. The monoisotopic (exact) mass is 458 g/mol. The van der Waals surface area contributed by atoms with E-state index in [9.17, 15) is 4.57 Å². The van der Waals surface area contributed by atoms with Gasteiger partial charge in [-0.05, 0) is 19.3 Å². The molecule has 0 N–H and O–H groups in total. The van der Waals surface area contributed by atoms with Crippen molar-refractivity contribution in [2.75, 3.05) is 17.3 Å². The van der Waals surface area contributed by atoms with E-state index >= 15 is 0 Å². The van der Waals surface area contributed by atoms with E-state index in [1.165, 1.54) is 32.4 Å². The van der Waals surface area contributed by atoms with Crippen molar-refractivity contribution >= 4 is 73.4 Å². The zero-order chi connectivity index (χ0) is 17.2. The highest BCUT2D eigenvalue weighted by molar-refractivity contribution is 8.77. The molecule has 0 saturated carbocycles. The molecule has 0 aromatic heterocycles. The van der Waals surface area contributed by atoms with Gasteiger partial charge in [0, 0.05) is 17.3 Å². The summed E-state index contributed by atoms with van der Waals surface area (Å²) in [6.07, 6.45) is 6.72. The lowest BCUT2D eigenvalue weighted by Crippen LogP contribution is -1.86. The molecule has 0 rings (SSSR count). The van der Waals surface area contributed by atoms with E-state index in [1.807, 2.05) is 0 Å². The predicted molar refractivity (Wildman–Crippen MR) is 116 cm³/mol. The average molecular weight is 459 g/mol. The third kappa shape index (κ3) is 17.4. The molecular formula is C12H27O4PS6. The molecule has 0 atom stereocenters. The number of hydrogen-bond acceptors (Lipinski definition) is 10. The molecule has 0 saturated heterocycles. The second kappa shape index (κ2) is 19.0. The summed E-state index contributed by atoms with van der Waals surface area (Å²) in [4.78, 5) is 0. The summed E-state index contributed by atoms with van der Waals surface area (Å²) in [5.74, 6) is 2.87. The molecule has 0 aliphatic heterocycles. The topological polar surface area (TPSA) is 44.8 Å². The summed E-state index contributed by atoms with van der Waals surface area (Å²) in [6.45, 7) is 6.41. The fourth-order valence-corrected chi connectivity index (χ4v) is 9.58. The lowest BCUT2D eigenvalue weighted by atomic mass is 10.4. The normalized spacial score (nSPS) is 12.0. The van der Waals surface area contributed by atoms with E-state index in [0.717, 1.165) is 89.0 Å². The van der Waals surface area contributed by atoms with E-state index in [-0.39, 0.29) is 0 Å². The minimum Gasteiger partial charge on any atom is -0.225 e. The first-order valence-electron chi connectivity index (χ1n) is 7.72. The number of unbranched alkanes of at least 4 members (excludes halogenated alkanes) is 3. The first-order chi connectivity index (χ1) is 11.2. The van der Waals surface area contributed by atoms with Crippen molar-refractivity contribution in [2.45, 2.75) is 59.3 Å². The SMILES string of the molecule is CCCCSSOP(=O)(OSSCCCC)OSSCCCC. The second-order valence-electron chi connectivity index (χ2n) is 4.40. The van der Waals surface area contributed by atoms with Crippen molar-refractivity contribution in [3.05, 3.63) is 0 Å². The van der Waals surface area contributed by atoms with Gasteiger partial charge in [0.25, 0.3) is 0 Å². The molecule has 0 aliphatic carbocycles. The van der Waals surface area contributed by atoms with Gasteiger partial charge in [-0.1, -0.05) is 72.4 Å². The van der Waals surface area contributed by atoms with E-state index in [0.29, 0.717) is 0 Å². The van der Waals surface area contributed by atoms with Gasteiger partial charge in [-0.15, -0.1) is 0 Å². The largest absolute Gasteiger partial charge is 0.510 e. The van der Waals surface area contributed by atoms with Crippen molar-refractivity contribution in [3.8, 4) is 0 Å². The fraction of sp³-hybridized carbons (Fsp3) is 1.00. The van der Waals surface area contributed by atoms with Gasteiger partial charge in [-0.3, -0.25) is 0 Å². The van der Waals surface area contributed by atoms with Gasteiger partial charge in [0.2, 0.25) is 0 Å². The van der Waals surface area contributed by atoms with E-state index in [4.69, 9.17) is 11.9 Å². The molecule has 23 heavy (non-hydrogen) atoms. The van der Waals surface area contributed by atoms with Crippen LogP contribution in [0.15, 0.2) is 0 Å². The van der Waals surface area contributed by atoms with Gasteiger partial charge in [0.05, 0.1) is 33.2 Å². The highest BCUT2D eigenvalue weighted by Gasteiger charge is 2.30. The molecule has 11 heteroatoms. The molecule has 0 unspecified atom stereocenters. The van der Waals surface area contributed by atoms with Crippen molar-refractivity contribution in [1.82, 2.24) is 0 Å². The lowest BCUT2D eigenvalue weighted by molar-refractivity contribution is 0.355. The summed E-state index contributed by atoms with van der Waals surface area (Å²) in [5.41, 5.74) is 0. The van der Waals surface area contributed by atoms with Crippen LogP contribution in [-0.4, -0.2) is 17.3 Å². The quantitative estimate of drug-likeness (QED) is 0.0864. The Balaban J connectivity index is 4.03. The van der Waals surface area contributed by atoms with Crippen LogP contribution >= 0.6 is 73.4 Å². The number of hydrogen-bond donors (Lipinski definition) is 0. The summed E-state index contributed by atoms with van der Waals surface area (Å²) in [7, 11) is 1.05. The zero-order valence-corrected chi connectivity index (χ0v) is 19.7. The van der Waals surface area contributed by atoms with Crippen LogP contribution in [0.2, 0.25) is 0 Å². The first-order valence-corrected chi connectivity index (χ1v) is 15.9. The van der Waals surface area contributed by atoms with Gasteiger partial charge < -0.3 is 0 Å². The number of rotatable bonds is 18. The van der Waals surface area contributed by atoms with Gasteiger partial charge >= 0.3 is 7.82 Å².